The van der Waals surface area contributed by atoms with Gasteiger partial charge in [-0.25, -0.2) is 0 Å². The molecule has 1 atom stereocenters. The fourth-order valence-electron chi connectivity index (χ4n) is 3.22. The van der Waals surface area contributed by atoms with Gasteiger partial charge in [0.2, 0.25) is 5.91 Å². The van der Waals surface area contributed by atoms with Crippen LogP contribution in [0.15, 0.2) is 47.1 Å². The first-order valence-electron chi connectivity index (χ1n) is 8.51. The van der Waals surface area contributed by atoms with Crippen LogP contribution in [0.4, 0.5) is 0 Å². The number of furan rings is 1. The van der Waals surface area contributed by atoms with Crippen LogP contribution in [0.25, 0.3) is 0 Å². The van der Waals surface area contributed by atoms with E-state index < -0.39 is 0 Å². The fraction of sp³-hybridized carbons (Fsp3) is 0.421. The number of carbonyl (C=O) groups excluding carboxylic acids is 1. The molecule has 0 saturated carbocycles. The number of nitrogens with zero attached hydrogens (tertiary/aromatic N) is 1. The Hall–Kier alpha value is -1.78. The molecule has 1 aromatic heterocycles. The van der Waals surface area contributed by atoms with Crippen LogP contribution in [0.1, 0.15) is 36.6 Å². The van der Waals surface area contributed by atoms with E-state index in [2.05, 4.69) is 16.3 Å². The molecule has 0 spiro atoms. The maximum absolute atomic E-state index is 12.2. The Bertz CT molecular complexity index is 651. The smallest absolute Gasteiger partial charge is 0.220 e. The van der Waals surface area contributed by atoms with Crippen molar-refractivity contribution in [1.29, 1.82) is 0 Å². The van der Waals surface area contributed by atoms with E-state index in [1.54, 1.807) is 6.26 Å². The van der Waals surface area contributed by atoms with Crippen LogP contribution < -0.4 is 5.32 Å². The van der Waals surface area contributed by atoms with E-state index in [1.165, 1.54) is 12.8 Å². The van der Waals surface area contributed by atoms with E-state index in [1.807, 2.05) is 30.3 Å². The van der Waals surface area contributed by atoms with Gasteiger partial charge in [0.05, 0.1) is 12.3 Å². The lowest BCUT2D eigenvalue weighted by Crippen LogP contribution is -2.36. The van der Waals surface area contributed by atoms with E-state index in [9.17, 15) is 4.79 Å². The van der Waals surface area contributed by atoms with Crippen LogP contribution in [-0.4, -0.2) is 30.4 Å². The number of hydrogen-bond donors (Lipinski definition) is 1. The molecule has 0 aliphatic carbocycles. The molecule has 1 unspecified atom stereocenters. The quantitative estimate of drug-likeness (QED) is 0.829. The van der Waals surface area contributed by atoms with Crippen molar-refractivity contribution in [3.05, 3.63) is 59.0 Å². The van der Waals surface area contributed by atoms with Crippen molar-refractivity contribution >= 4 is 17.5 Å². The highest BCUT2D eigenvalue weighted by atomic mass is 35.5. The van der Waals surface area contributed by atoms with E-state index in [0.29, 0.717) is 19.4 Å². The van der Waals surface area contributed by atoms with E-state index in [-0.39, 0.29) is 11.9 Å². The summed E-state index contributed by atoms with van der Waals surface area (Å²) < 4.78 is 5.27. The van der Waals surface area contributed by atoms with E-state index >= 15 is 0 Å². The maximum atomic E-state index is 12.2. The van der Waals surface area contributed by atoms with Gasteiger partial charge in [-0.1, -0.05) is 23.7 Å². The Morgan fingerprint density at radius 3 is 2.79 bits per heavy atom. The summed E-state index contributed by atoms with van der Waals surface area (Å²) in [6.07, 6.45) is 5.13. The number of likely N-dealkylation sites (tertiary alicyclic amines) is 1. The molecule has 1 fully saturated rings. The summed E-state index contributed by atoms with van der Waals surface area (Å²) >= 11 is 6.15. The molecule has 24 heavy (non-hydrogen) atoms. The van der Waals surface area contributed by atoms with Crippen molar-refractivity contribution in [2.24, 2.45) is 0 Å². The van der Waals surface area contributed by atoms with Crippen LogP contribution in [0, 0.1) is 0 Å². The third-order valence-electron chi connectivity index (χ3n) is 4.49. The summed E-state index contributed by atoms with van der Waals surface area (Å²) in [6.45, 7) is 2.75. The third-order valence-corrected chi connectivity index (χ3v) is 4.72. The van der Waals surface area contributed by atoms with Gasteiger partial charge in [0.1, 0.15) is 5.76 Å². The molecule has 0 bridgehead atoms. The SMILES string of the molecule is O=C(CCc1ccco1)NCC(c1cccc(Cl)c1)N1CCCC1. The third kappa shape index (κ3) is 4.62. The molecule has 1 amide bonds. The number of halogens is 1. The summed E-state index contributed by atoms with van der Waals surface area (Å²) in [5, 5.41) is 3.81. The number of nitrogens with one attached hydrogen (secondary N) is 1. The number of amides is 1. The lowest BCUT2D eigenvalue weighted by Gasteiger charge is -2.28. The summed E-state index contributed by atoms with van der Waals surface area (Å²) in [5.74, 6) is 0.897. The fourth-order valence-corrected chi connectivity index (χ4v) is 3.41. The van der Waals surface area contributed by atoms with Gasteiger partial charge in [-0.15, -0.1) is 0 Å². The second-order valence-corrected chi connectivity index (χ2v) is 6.63. The van der Waals surface area contributed by atoms with Gasteiger partial charge < -0.3 is 9.73 Å². The zero-order valence-electron chi connectivity index (χ0n) is 13.7. The Morgan fingerprint density at radius 1 is 1.25 bits per heavy atom. The second kappa shape index (κ2) is 8.36. The monoisotopic (exact) mass is 346 g/mol. The molecular weight excluding hydrogens is 324 g/mol. The summed E-state index contributed by atoms with van der Waals surface area (Å²) in [4.78, 5) is 14.6. The minimum atomic E-state index is 0.0534. The zero-order chi connectivity index (χ0) is 16.8. The van der Waals surface area contributed by atoms with Crippen molar-refractivity contribution in [3.8, 4) is 0 Å². The highest BCUT2D eigenvalue weighted by Crippen LogP contribution is 2.26. The second-order valence-electron chi connectivity index (χ2n) is 6.20. The standard InChI is InChI=1S/C19H23ClN2O2/c20-16-6-3-5-15(13-16)18(22-10-1-2-11-22)14-21-19(23)9-8-17-7-4-12-24-17/h3-7,12-13,18H,1-2,8-11,14H2,(H,21,23). The molecule has 5 heteroatoms. The molecule has 0 radical (unpaired) electrons. The molecule has 1 saturated heterocycles. The summed E-state index contributed by atoms with van der Waals surface area (Å²) in [5.41, 5.74) is 1.16. The largest absolute Gasteiger partial charge is 0.469 e. The lowest BCUT2D eigenvalue weighted by atomic mass is 10.1. The predicted octanol–water partition coefficient (Wildman–Crippen LogP) is 3.82. The molecule has 2 heterocycles. The molecule has 1 aliphatic heterocycles. The van der Waals surface area contributed by atoms with Crippen molar-refractivity contribution in [2.45, 2.75) is 31.7 Å². The van der Waals surface area contributed by atoms with Crippen LogP contribution in [-0.2, 0) is 11.2 Å². The van der Waals surface area contributed by atoms with Gasteiger partial charge in [-0.05, 0) is 55.8 Å². The van der Waals surface area contributed by atoms with Crippen LogP contribution in [0.3, 0.4) is 0 Å². The van der Waals surface area contributed by atoms with Gasteiger partial charge in [0.15, 0.2) is 0 Å². The predicted molar refractivity (Wildman–Crippen MR) is 95.0 cm³/mol. The minimum Gasteiger partial charge on any atom is -0.469 e. The van der Waals surface area contributed by atoms with Gasteiger partial charge in [0.25, 0.3) is 0 Å². The van der Waals surface area contributed by atoms with Crippen LogP contribution in [0.5, 0.6) is 0 Å². The number of aryl methyl sites for hydroxylation is 1. The molecule has 1 aliphatic rings. The van der Waals surface area contributed by atoms with Crippen molar-refractivity contribution in [3.63, 3.8) is 0 Å². The van der Waals surface area contributed by atoms with Crippen molar-refractivity contribution in [2.75, 3.05) is 19.6 Å². The maximum Gasteiger partial charge on any atom is 0.220 e. The first-order valence-corrected chi connectivity index (χ1v) is 8.89. The minimum absolute atomic E-state index is 0.0534. The Kier molecular flexibility index (Phi) is 5.94. The summed E-state index contributed by atoms with van der Waals surface area (Å²) in [7, 11) is 0. The first-order chi connectivity index (χ1) is 11.7. The molecule has 1 aromatic carbocycles. The van der Waals surface area contributed by atoms with Gasteiger partial charge in [0, 0.05) is 24.4 Å². The average molecular weight is 347 g/mol. The van der Waals surface area contributed by atoms with Crippen LogP contribution >= 0.6 is 11.6 Å². The number of rotatable bonds is 7. The number of hydrogen-bond acceptors (Lipinski definition) is 3. The first kappa shape index (κ1) is 17.1. The zero-order valence-corrected chi connectivity index (χ0v) is 14.5. The molecule has 3 rings (SSSR count). The van der Waals surface area contributed by atoms with Crippen molar-refractivity contribution < 1.29 is 9.21 Å². The molecule has 4 nitrogen and oxygen atoms in total. The molecule has 128 valence electrons. The lowest BCUT2D eigenvalue weighted by molar-refractivity contribution is -0.121. The van der Waals surface area contributed by atoms with Gasteiger partial charge >= 0.3 is 0 Å². The average Bonchev–Trinajstić information content (AvgIpc) is 3.27. The molecule has 2 aromatic rings. The number of benzene rings is 1. The van der Waals surface area contributed by atoms with Crippen molar-refractivity contribution in [1.82, 2.24) is 10.2 Å². The normalized spacial score (nSPS) is 16.2. The van der Waals surface area contributed by atoms with Gasteiger partial charge in [-0.3, -0.25) is 9.69 Å². The molecule has 1 N–H and O–H groups in total. The van der Waals surface area contributed by atoms with Crippen LogP contribution in [0.2, 0.25) is 5.02 Å². The topological polar surface area (TPSA) is 45.5 Å². The van der Waals surface area contributed by atoms with E-state index in [0.717, 1.165) is 29.4 Å². The summed E-state index contributed by atoms with van der Waals surface area (Å²) in [6, 6.07) is 11.9. The van der Waals surface area contributed by atoms with E-state index in [4.69, 9.17) is 16.0 Å². The highest BCUT2D eigenvalue weighted by Gasteiger charge is 2.24. The Morgan fingerprint density at radius 2 is 2.08 bits per heavy atom. The van der Waals surface area contributed by atoms with Gasteiger partial charge in [-0.2, -0.15) is 0 Å². The Labute approximate surface area is 147 Å². The number of carbonyl (C=O) groups is 1. The Balaban J connectivity index is 1.58. The highest BCUT2D eigenvalue weighted by molar-refractivity contribution is 6.30. The molecular formula is C19H23ClN2O2.